The van der Waals surface area contributed by atoms with E-state index in [9.17, 15) is 9.59 Å². The molecule has 7 nitrogen and oxygen atoms in total. The molecule has 182 valence electrons. The average Bonchev–Trinajstić information content (AvgIpc) is 2.84. The molecule has 2 aromatic rings. The van der Waals surface area contributed by atoms with Gasteiger partial charge >= 0.3 is 5.97 Å². The highest BCUT2D eigenvalue weighted by Crippen LogP contribution is 2.23. The van der Waals surface area contributed by atoms with E-state index in [4.69, 9.17) is 9.57 Å². The van der Waals surface area contributed by atoms with Crippen LogP contribution >= 0.6 is 0 Å². The highest BCUT2D eigenvalue weighted by Gasteiger charge is 2.20. The van der Waals surface area contributed by atoms with Crippen LogP contribution < -0.4 is 5.32 Å². The van der Waals surface area contributed by atoms with Gasteiger partial charge in [-0.05, 0) is 60.2 Å². The number of carbonyl (C=O) groups excluding carboxylic acids is 2. The Hall–Kier alpha value is -3.19. The lowest BCUT2D eigenvalue weighted by atomic mass is 9.99. The van der Waals surface area contributed by atoms with Gasteiger partial charge in [-0.3, -0.25) is 14.5 Å². The molecule has 0 radical (unpaired) electrons. The van der Waals surface area contributed by atoms with Crippen molar-refractivity contribution >= 4 is 23.8 Å². The number of amides is 1. The quantitative estimate of drug-likeness (QED) is 0.211. The number of unbranched alkanes of at least 4 members (excludes halogenated alkanes) is 2. The van der Waals surface area contributed by atoms with E-state index in [-0.39, 0.29) is 11.9 Å². The molecule has 0 aromatic heterocycles. The zero-order chi connectivity index (χ0) is 24.2. The number of benzene rings is 2. The lowest BCUT2D eigenvalue weighted by Crippen LogP contribution is -2.35. The maximum atomic E-state index is 12.7. The number of nitrogens with one attached hydrogen (secondary N) is 1. The second-order valence-electron chi connectivity index (χ2n) is 8.52. The molecule has 34 heavy (non-hydrogen) atoms. The predicted octanol–water partition coefficient (Wildman–Crippen LogP) is 4.79. The van der Waals surface area contributed by atoms with E-state index >= 15 is 0 Å². The molecule has 7 heteroatoms. The zero-order valence-corrected chi connectivity index (χ0v) is 20.2. The van der Waals surface area contributed by atoms with Gasteiger partial charge < -0.3 is 14.9 Å². The molecule has 0 saturated heterocycles. The average molecular weight is 466 g/mol. The summed E-state index contributed by atoms with van der Waals surface area (Å²) in [6, 6.07) is 13.2. The van der Waals surface area contributed by atoms with Gasteiger partial charge in [-0.2, -0.15) is 0 Å². The fourth-order valence-electron chi connectivity index (χ4n) is 3.67. The highest BCUT2D eigenvalue weighted by atomic mass is 16.6. The lowest BCUT2D eigenvalue weighted by Gasteiger charge is -2.28. The van der Waals surface area contributed by atoms with Gasteiger partial charge in [-0.15, -0.1) is 0 Å². The third-order valence-corrected chi connectivity index (χ3v) is 5.71. The van der Waals surface area contributed by atoms with Gasteiger partial charge in [0.25, 0.3) is 5.91 Å². The zero-order valence-electron chi connectivity index (χ0n) is 20.2. The van der Waals surface area contributed by atoms with E-state index in [1.807, 2.05) is 24.3 Å². The number of hydrogen-bond acceptors (Lipinski definition) is 6. The first-order valence-corrected chi connectivity index (χ1v) is 12.2. The molecular formula is C27H35N3O4. The van der Waals surface area contributed by atoms with Crippen LogP contribution in [0.25, 0.3) is 0 Å². The van der Waals surface area contributed by atoms with Gasteiger partial charge in [0.15, 0.2) is 0 Å². The molecule has 0 spiro atoms. The van der Waals surface area contributed by atoms with Crippen LogP contribution in [0.1, 0.15) is 66.6 Å². The first-order chi connectivity index (χ1) is 16.6. The fourth-order valence-corrected chi connectivity index (χ4v) is 3.67. The Morgan fingerprint density at radius 2 is 1.79 bits per heavy atom. The van der Waals surface area contributed by atoms with Gasteiger partial charge in [0.2, 0.25) is 0 Å². The summed E-state index contributed by atoms with van der Waals surface area (Å²) in [6.45, 7) is 7.03. The van der Waals surface area contributed by atoms with Crippen LogP contribution in [0.15, 0.2) is 47.6 Å². The Bertz CT molecular complexity index is 972. The number of anilines is 1. The monoisotopic (exact) mass is 465 g/mol. The van der Waals surface area contributed by atoms with Crippen LogP contribution in [0.5, 0.6) is 0 Å². The summed E-state index contributed by atoms with van der Waals surface area (Å²) in [5.74, 6) is -0.350. The van der Waals surface area contributed by atoms with Crippen LogP contribution in [0.3, 0.4) is 0 Å². The summed E-state index contributed by atoms with van der Waals surface area (Å²) in [5.41, 5.74) is 4.55. The van der Waals surface area contributed by atoms with Crippen LogP contribution in [0.2, 0.25) is 0 Å². The van der Waals surface area contributed by atoms with Crippen molar-refractivity contribution in [3.8, 4) is 0 Å². The van der Waals surface area contributed by atoms with Crippen molar-refractivity contribution < 1.29 is 19.2 Å². The molecule has 2 aromatic carbocycles. The molecule has 1 aliphatic rings. The highest BCUT2D eigenvalue weighted by molar-refractivity contribution is 6.04. The van der Waals surface area contributed by atoms with E-state index in [1.54, 1.807) is 18.3 Å². The molecule has 3 rings (SSSR count). The summed E-state index contributed by atoms with van der Waals surface area (Å²) in [7, 11) is 0. The van der Waals surface area contributed by atoms with Gasteiger partial charge in [-0.1, -0.05) is 50.0 Å². The summed E-state index contributed by atoms with van der Waals surface area (Å²) in [6.07, 6.45) is 6.45. The van der Waals surface area contributed by atoms with E-state index in [0.717, 1.165) is 55.5 Å². The molecule has 0 aliphatic carbocycles. The van der Waals surface area contributed by atoms with Gasteiger partial charge in [0.05, 0.1) is 19.4 Å². The van der Waals surface area contributed by atoms with Crippen LogP contribution in [-0.2, 0) is 27.3 Å². The van der Waals surface area contributed by atoms with Crippen molar-refractivity contribution in [2.24, 2.45) is 5.16 Å². The van der Waals surface area contributed by atoms with Crippen molar-refractivity contribution in [2.45, 2.75) is 52.5 Å². The smallest absolute Gasteiger partial charge is 0.320 e. The third kappa shape index (κ3) is 7.99. The van der Waals surface area contributed by atoms with Crippen molar-refractivity contribution in [2.75, 3.05) is 31.6 Å². The fraction of sp³-hybridized carbons (Fsp3) is 0.444. The number of esters is 1. The van der Waals surface area contributed by atoms with Crippen molar-refractivity contribution in [1.29, 1.82) is 0 Å². The van der Waals surface area contributed by atoms with Gasteiger partial charge in [-0.25, -0.2) is 0 Å². The van der Waals surface area contributed by atoms with Crippen LogP contribution in [0, 0.1) is 0 Å². The summed E-state index contributed by atoms with van der Waals surface area (Å²) >= 11 is 0. The predicted molar refractivity (Wildman–Crippen MR) is 134 cm³/mol. The summed E-state index contributed by atoms with van der Waals surface area (Å²) in [5, 5.41) is 6.92. The first kappa shape index (κ1) is 25.4. The van der Waals surface area contributed by atoms with Gasteiger partial charge in [0.1, 0.15) is 6.61 Å². The normalized spacial score (nSPS) is 13.5. The largest absolute Gasteiger partial charge is 0.465 e. The van der Waals surface area contributed by atoms with Crippen molar-refractivity contribution in [3.63, 3.8) is 0 Å². The molecule has 0 atom stereocenters. The third-order valence-electron chi connectivity index (χ3n) is 5.71. The number of hydrogen-bond donors (Lipinski definition) is 1. The van der Waals surface area contributed by atoms with Crippen LogP contribution in [-0.4, -0.2) is 49.3 Å². The number of nitrogens with zero attached hydrogens (tertiary/aromatic N) is 2. The number of carbonyl (C=O) groups is 2. The second kappa shape index (κ2) is 13.5. The minimum Gasteiger partial charge on any atom is -0.465 e. The maximum absolute atomic E-state index is 12.7. The second-order valence-corrected chi connectivity index (χ2v) is 8.52. The van der Waals surface area contributed by atoms with Crippen LogP contribution in [0.4, 0.5) is 5.69 Å². The molecule has 1 N–H and O–H groups in total. The lowest BCUT2D eigenvalue weighted by molar-refractivity contribution is -0.145. The number of fused-ring (bicyclic) bond motifs is 1. The standard InChI is InChI=1S/C27H35N3O4/c1-3-5-15-33-26(31)20-30-14-13-22-11-12-25(17-24(22)19-30)29-27(32)23-9-7-21(8-10-23)18-28-34-16-6-4-2/h7-12,17-18H,3-6,13-16,19-20H2,1-2H3,(H,29,32)/b28-18+. The molecule has 1 amide bonds. The molecule has 0 saturated carbocycles. The Kier molecular flexibility index (Phi) is 10.1. The molecule has 0 unspecified atom stereocenters. The van der Waals surface area contributed by atoms with E-state index < -0.39 is 0 Å². The van der Waals surface area contributed by atoms with E-state index in [2.05, 4.69) is 35.3 Å². The molecule has 0 bridgehead atoms. The van der Waals surface area contributed by atoms with Crippen molar-refractivity contribution in [1.82, 2.24) is 4.90 Å². The van der Waals surface area contributed by atoms with Crippen molar-refractivity contribution in [3.05, 3.63) is 64.7 Å². The molecule has 1 aliphatic heterocycles. The minimum absolute atomic E-state index is 0.171. The Morgan fingerprint density at radius 1 is 1.03 bits per heavy atom. The molecule has 1 heterocycles. The molecule has 0 fully saturated rings. The number of oxime groups is 1. The van der Waals surface area contributed by atoms with Gasteiger partial charge in [0, 0.05) is 24.3 Å². The van der Waals surface area contributed by atoms with E-state index in [0.29, 0.717) is 31.9 Å². The minimum atomic E-state index is -0.178. The Balaban J connectivity index is 1.53. The molecular weight excluding hydrogens is 430 g/mol. The Morgan fingerprint density at radius 3 is 2.56 bits per heavy atom. The number of ether oxygens (including phenoxy) is 1. The SMILES string of the molecule is CCCCO/N=C/c1ccc(C(=O)Nc2ccc3c(c2)CN(CC(=O)OCCCC)CC3)cc1. The number of rotatable bonds is 12. The Labute approximate surface area is 202 Å². The summed E-state index contributed by atoms with van der Waals surface area (Å²) in [4.78, 5) is 32.1. The van der Waals surface area contributed by atoms with E-state index in [1.165, 1.54) is 5.56 Å². The summed E-state index contributed by atoms with van der Waals surface area (Å²) < 4.78 is 5.29. The topological polar surface area (TPSA) is 80.2 Å². The maximum Gasteiger partial charge on any atom is 0.320 e. The first-order valence-electron chi connectivity index (χ1n) is 12.2.